The zero-order valence-corrected chi connectivity index (χ0v) is 15.6. The summed E-state index contributed by atoms with van der Waals surface area (Å²) in [6, 6.07) is 21.9. The molecule has 0 saturated heterocycles. The summed E-state index contributed by atoms with van der Waals surface area (Å²) in [7, 11) is 0. The van der Waals surface area contributed by atoms with E-state index in [4.69, 9.17) is 0 Å². The molecular weight excluding hydrogens is 366 g/mol. The van der Waals surface area contributed by atoms with Gasteiger partial charge in [0.05, 0.1) is 16.7 Å². The van der Waals surface area contributed by atoms with Crippen molar-refractivity contribution in [2.24, 2.45) is 5.10 Å². The Kier molecular flexibility index (Phi) is 4.94. The van der Waals surface area contributed by atoms with E-state index in [1.807, 2.05) is 55.5 Å². The molecular formula is C22H17N5O2. The summed E-state index contributed by atoms with van der Waals surface area (Å²) in [5.41, 5.74) is 6.45. The van der Waals surface area contributed by atoms with Crippen LogP contribution >= 0.6 is 0 Å². The van der Waals surface area contributed by atoms with Crippen molar-refractivity contribution in [3.63, 3.8) is 0 Å². The Morgan fingerprint density at radius 1 is 1.00 bits per heavy atom. The van der Waals surface area contributed by atoms with Gasteiger partial charge in [-0.25, -0.2) is 9.97 Å². The second-order valence-electron chi connectivity index (χ2n) is 6.50. The van der Waals surface area contributed by atoms with Gasteiger partial charge in [-0.2, -0.15) is 5.10 Å². The Bertz CT molecular complexity index is 1220. The summed E-state index contributed by atoms with van der Waals surface area (Å²) in [5, 5.41) is 16.0. The molecule has 0 radical (unpaired) electrons. The van der Waals surface area contributed by atoms with Crippen LogP contribution in [0.1, 0.15) is 11.1 Å². The average Bonchev–Trinajstić information content (AvgIpc) is 2.74. The number of hydrogen-bond donors (Lipinski definition) is 1. The molecule has 0 saturated carbocycles. The van der Waals surface area contributed by atoms with Crippen LogP contribution in [0, 0.1) is 17.0 Å². The number of anilines is 1. The van der Waals surface area contributed by atoms with Crippen molar-refractivity contribution in [1.29, 1.82) is 0 Å². The van der Waals surface area contributed by atoms with Crippen LogP contribution in [0.4, 0.5) is 11.5 Å². The van der Waals surface area contributed by atoms with Crippen LogP contribution in [0.3, 0.4) is 0 Å². The normalized spacial score (nSPS) is 11.1. The number of aryl methyl sites for hydroxylation is 1. The van der Waals surface area contributed by atoms with Crippen LogP contribution in [0.5, 0.6) is 0 Å². The molecule has 4 aromatic rings. The minimum absolute atomic E-state index is 0.0168. The molecule has 1 N–H and O–H groups in total. The standard InChI is InChI=1S/C22H17N5O2/c1-15-9-11-17(12-10-15)21-24-20-8-3-2-7-19(20)22(25-21)26-23-14-16-5-4-6-18(13-16)27(28)29/h2-14H,1H3,(H,24,25,26)/b23-14+. The monoisotopic (exact) mass is 383 g/mol. The van der Waals surface area contributed by atoms with Gasteiger partial charge in [-0.15, -0.1) is 0 Å². The largest absolute Gasteiger partial charge is 0.270 e. The van der Waals surface area contributed by atoms with Crippen molar-refractivity contribution in [2.45, 2.75) is 6.92 Å². The van der Waals surface area contributed by atoms with Gasteiger partial charge in [-0.3, -0.25) is 15.5 Å². The lowest BCUT2D eigenvalue weighted by Crippen LogP contribution is -1.99. The quantitative estimate of drug-likeness (QED) is 0.299. The molecule has 0 aliphatic heterocycles. The number of nitro benzene ring substituents is 1. The number of hydrogen-bond acceptors (Lipinski definition) is 6. The van der Waals surface area contributed by atoms with E-state index in [9.17, 15) is 10.1 Å². The number of nitrogens with one attached hydrogen (secondary N) is 1. The van der Waals surface area contributed by atoms with E-state index in [-0.39, 0.29) is 5.69 Å². The maximum Gasteiger partial charge on any atom is 0.270 e. The first-order valence-corrected chi connectivity index (χ1v) is 8.97. The third kappa shape index (κ3) is 4.08. The molecule has 1 heterocycles. The first-order valence-electron chi connectivity index (χ1n) is 8.97. The van der Waals surface area contributed by atoms with Crippen LogP contribution in [0.25, 0.3) is 22.3 Å². The summed E-state index contributed by atoms with van der Waals surface area (Å²) >= 11 is 0. The molecule has 0 aliphatic carbocycles. The van der Waals surface area contributed by atoms with Gasteiger partial charge in [0.2, 0.25) is 0 Å². The van der Waals surface area contributed by atoms with Crippen LogP contribution in [0.2, 0.25) is 0 Å². The van der Waals surface area contributed by atoms with Gasteiger partial charge in [0.15, 0.2) is 11.6 Å². The average molecular weight is 383 g/mol. The number of rotatable bonds is 5. The third-order valence-corrected chi connectivity index (χ3v) is 4.38. The van der Waals surface area contributed by atoms with E-state index in [1.54, 1.807) is 12.1 Å². The molecule has 4 rings (SSSR count). The molecule has 3 aromatic carbocycles. The highest BCUT2D eigenvalue weighted by atomic mass is 16.6. The lowest BCUT2D eigenvalue weighted by Gasteiger charge is -2.08. The molecule has 0 atom stereocenters. The lowest BCUT2D eigenvalue weighted by molar-refractivity contribution is -0.384. The predicted molar refractivity (Wildman–Crippen MR) is 114 cm³/mol. The Labute approximate surface area is 166 Å². The summed E-state index contributed by atoms with van der Waals surface area (Å²) in [6.07, 6.45) is 1.52. The highest BCUT2D eigenvalue weighted by molar-refractivity contribution is 5.91. The predicted octanol–water partition coefficient (Wildman–Crippen LogP) is 4.96. The third-order valence-electron chi connectivity index (χ3n) is 4.38. The lowest BCUT2D eigenvalue weighted by atomic mass is 10.1. The van der Waals surface area contributed by atoms with E-state index in [0.717, 1.165) is 22.0 Å². The van der Waals surface area contributed by atoms with Gasteiger partial charge in [-0.1, -0.05) is 54.1 Å². The summed E-state index contributed by atoms with van der Waals surface area (Å²) in [6.45, 7) is 2.03. The minimum Gasteiger partial charge on any atom is -0.261 e. The number of para-hydroxylation sites is 1. The zero-order valence-electron chi connectivity index (χ0n) is 15.6. The number of fused-ring (bicyclic) bond motifs is 1. The molecule has 0 fully saturated rings. The summed E-state index contributed by atoms with van der Waals surface area (Å²) in [4.78, 5) is 19.8. The molecule has 7 nitrogen and oxygen atoms in total. The number of non-ortho nitro benzene ring substituents is 1. The van der Waals surface area contributed by atoms with Gasteiger partial charge in [-0.05, 0) is 19.1 Å². The highest BCUT2D eigenvalue weighted by Gasteiger charge is 2.09. The first-order chi connectivity index (χ1) is 14.1. The number of nitro groups is 1. The van der Waals surface area contributed by atoms with Crippen LogP contribution in [-0.2, 0) is 0 Å². The van der Waals surface area contributed by atoms with Crippen LogP contribution < -0.4 is 5.43 Å². The molecule has 0 amide bonds. The zero-order chi connectivity index (χ0) is 20.2. The van der Waals surface area contributed by atoms with Crippen molar-refractivity contribution in [3.8, 4) is 11.4 Å². The van der Waals surface area contributed by atoms with Gasteiger partial charge in [0.1, 0.15) is 0 Å². The molecule has 0 bridgehead atoms. The van der Waals surface area contributed by atoms with E-state index in [2.05, 4.69) is 20.5 Å². The van der Waals surface area contributed by atoms with E-state index in [0.29, 0.717) is 17.2 Å². The van der Waals surface area contributed by atoms with E-state index in [1.165, 1.54) is 18.3 Å². The van der Waals surface area contributed by atoms with Crippen LogP contribution in [-0.4, -0.2) is 21.1 Å². The molecule has 142 valence electrons. The fraction of sp³-hybridized carbons (Fsp3) is 0.0455. The molecule has 0 unspecified atom stereocenters. The Hall–Kier alpha value is -4.13. The fourth-order valence-electron chi connectivity index (χ4n) is 2.88. The highest BCUT2D eigenvalue weighted by Crippen LogP contribution is 2.25. The van der Waals surface area contributed by atoms with Crippen molar-refractivity contribution in [2.75, 3.05) is 5.43 Å². The van der Waals surface area contributed by atoms with Crippen molar-refractivity contribution in [1.82, 2.24) is 9.97 Å². The van der Waals surface area contributed by atoms with Crippen LogP contribution in [0.15, 0.2) is 77.9 Å². The smallest absolute Gasteiger partial charge is 0.261 e. The maximum atomic E-state index is 10.9. The van der Waals surface area contributed by atoms with Gasteiger partial charge >= 0.3 is 0 Å². The Balaban J connectivity index is 1.68. The second-order valence-corrected chi connectivity index (χ2v) is 6.50. The molecule has 0 spiro atoms. The van der Waals surface area contributed by atoms with Gasteiger partial charge < -0.3 is 0 Å². The van der Waals surface area contributed by atoms with E-state index < -0.39 is 4.92 Å². The number of hydrazone groups is 1. The molecule has 1 aromatic heterocycles. The van der Waals surface area contributed by atoms with Crippen molar-refractivity contribution >= 4 is 28.6 Å². The fourth-order valence-corrected chi connectivity index (χ4v) is 2.88. The Morgan fingerprint density at radius 3 is 2.59 bits per heavy atom. The Morgan fingerprint density at radius 2 is 1.79 bits per heavy atom. The summed E-state index contributed by atoms with van der Waals surface area (Å²) < 4.78 is 0. The number of benzene rings is 3. The van der Waals surface area contributed by atoms with Gasteiger partial charge in [0, 0.05) is 28.6 Å². The van der Waals surface area contributed by atoms with E-state index >= 15 is 0 Å². The van der Waals surface area contributed by atoms with Gasteiger partial charge in [0.25, 0.3) is 5.69 Å². The molecule has 29 heavy (non-hydrogen) atoms. The number of nitrogens with zero attached hydrogens (tertiary/aromatic N) is 4. The maximum absolute atomic E-state index is 10.9. The molecule has 7 heteroatoms. The topological polar surface area (TPSA) is 93.3 Å². The van der Waals surface area contributed by atoms with Crippen molar-refractivity contribution in [3.05, 3.63) is 94.0 Å². The number of aromatic nitrogens is 2. The SMILES string of the molecule is Cc1ccc(-c2nc(N/N=C/c3cccc([N+](=O)[O-])c3)c3ccccc3n2)cc1. The second kappa shape index (κ2) is 7.85. The first kappa shape index (κ1) is 18.2. The molecule has 0 aliphatic rings. The summed E-state index contributed by atoms with van der Waals surface area (Å²) in [5.74, 6) is 1.16. The minimum atomic E-state index is -0.434. The van der Waals surface area contributed by atoms with Crippen molar-refractivity contribution < 1.29 is 4.92 Å².